The van der Waals surface area contributed by atoms with Gasteiger partial charge in [0, 0.05) is 43.6 Å². The van der Waals surface area contributed by atoms with Gasteiger partial charge in [-0.1, -0.05) is 21.6 Å². The van der Waals surface area contributed by atoms with Crippen LogP contribution in [0.25, 0.3) is 0 Å². The van der Waals surface area contributed by atoms with Gasteiger partial charge >= 0.3 is 5.97 Å². The van der Waals surface area contributed by atoms with Gasteiger partial charge in [-0.3, -0.25) is 29.3 Å². The number of hydrogen-bond donors (Lipinski definition) is 0. The Morgan fingerprint density at radius 2 is 1.48 bits per heavy atom. The summed E-state index contributed by atoms with van der Waals surface area (Å²) in [6.07, 6.45) is 1.64. The molecule has 148 valence electrons. The number of carbonyl (C=O) groups excluding carboxylic acids is 5. The standard InChI is InChI=1S/C14H17N3O8S2/c18-10-2-3-11(19)16(10)24-14(22)6-9-27-26-8-1-7-15(23)25-17-12(20)4-5-13(17)21/h7H,1-6,8-9H2/b15-7+. The minimum atomic E-state index is -0.669. The normalized spacial score (nSPS) is 17.9. The molecular formula is C14H17N3O8S2. The van der Waals surface area contributed by atoms with Crippen LogP contribution in [0.5, 0.6) is 0 Å². The van der Waals surface area contributed by atoms with Gasteiger partial charge in [-0.15, -0.1) is 5.06 Å². The highest BCUT2D eigenvalue weighted by Gasteiger charge is 2.32. The van der Waals surface area contributed by atoms with E-state index in [2.05, 4.69) is 4.94 Å². The van der Waals surface area contributed by atoms with Crippen LogP contribution in [0.15, 0.2) is 0 Å². The Morgan fingerprint density at radius 3 is 2.07 bits per heavy atom. The largest absolute Gasteiger partial charge is 0.334 e. The van der Waals surface area contributed by atoms with Crippen LogP contribution in [-0.2, 0) is 33.7 Å². The molecule has 0 aromatic heterocycles. The molecule has 4 amide bonds. The van der Waals surface area contributed by atoms with E-state index in [-0.39, 0.29) is 37.0 Å². The molecule has 2 saturated heterocycles. The molecule has 0 aromatic carbocycles. The third-order valence-corrected chi connectivity index (χ3v) is 5.76. The number of hydroxylamine groups is 4. The van der Waals surface area contributed by atoms with E-state index in [0.717, 1.165) is 6.21 Å². The maximum atomic E-state index is 11.6. The molecule has 0 bridgehead atoms. The highest BCUT2D eigenvalue weighted by Crippen LogP contribution is 2.23. The second-order valence-electron chi connectivity index (χ2n) is 5.36. The summed E-state index contributed by atoms with van der Waals surface area (Å²) < 4.78 is 0. The van der Waals surface area contributed by atoms with E-state index in [1.165, 1.54) is 21.6 Å². The lowest BCUT2D eigenvalue weighted by Crippen LogP contribution is -2.32. The number of imide groups is 2. The van der Waals surface area contributed by atoms with Crippen LogP contribution in [0.1, 0.15) is 38.5 Å². The summed E-state index contributed by atoms with van der Waals surface area (Å²) >= 11 is 0. The van der Waals surface area contributed by atoms with Crippen molar-refractivity contribution >= 4 is 57.4 Å². The van der Waals surface area contributed by atoms with Crippen molar-refractivity contribution in [2.24, 2.45) is 0 Å². The molecule has 2 rings (SSSR count). The second kappa shape index (κ2) is 10.2. The number of nitrogens with zero attached hydrogens (tertiary/aromatic N) is 3. The molecule has 11 nitrogen and oxygen atoms in total. The highest BCUT2D eigenvalue weighted by molar-refractivity contribution is 8.76. The van der Waals surface area contributed by atoms with Gasteiger partial charge in [0.25, 0.3) is 11.8 Å². The van der Waals surface area contributed by atoms with Crippen LogP contribution in [0, 0.1) is 5.21 Å². The molecule has 0 unspecified atom stereocenters. The van der Waals surface area contributed by atoms with Crippen LogP contribution >= 0.6 is 21.6 Å². The maximum Gasteiger partial charge on any atom is 0.334 e. The molecule has 0 aliphatic carbocycles. The summed E-state index contributed by atoms with van der Waals surface area (Å²) in [4.78, 5) is 66.1. The van der Waals surface area contributed by atoms with Gasteiger partial charge in [-0.2, -0.15) is 5.06 Å². The first kappa shape index (κ1) is 21.0. The summed E-state index contributed by atoms with van der Waals surface area (Å²) in [5.74, 6) is -1.90. The molecular weight excluding hydrogens is 402 g/mol. The number of carbonyl (C=O) groups is 5. The lowest BCUT2D eigenvalue weighted by Gasteiger charge is -2.14. The summed E-state index contributed by atoms with van der Waals surface area (Å²) in [7, 11) is 2.74. The quantitative estimate of drug-likeness (QED) is 0.122. The smallest absolute Gasteiger partial charge is 0.330 e. The van der Waals surface area contributed by atoms with Crippen LogP contribution in [-0.4, -0.2) is 62.3 Å². The van der Waals surface area contributed by atoms with Crippen LogP contribution in [0.3, 0.4) is 0 Å². The van der Waals surface area contributed by atoms with Crippen molar-refractivity contribution in [3.05, 3.63) is 5.21 Å². The first-order valence-electron chi connectivity index (χ1n) is 8.03. The van der Waals surface area contributed by atoms with Gasteiger partial charge < -0.3 is 4.84 Å². The van der Waals surface area contributed by atoms with E-state index >= 15 is 0 Å². The van der Waals surface area contributed by atoms with Crippen molar-refractivity contribution in [2.75, 3.05) is 11.5 Å². The van der Waals surface area contributed by atoms with Gasteiger partial charge in [-0.05, 0) is 0 Å². The van der Waals surface area contributed by atoms with E-state index in [1.54, 1.807) is 0 Å². The fourth-order valence-electron chi connectivity index (χ4n) is 2.02. The topological polar surface area (TPSA) is 136 Å². The van der Waals surface area contributed by atoms with E-state index in [1.807, 2.05) is 0 Å². The average Bonchev–Trinajstić information content (AvgIpc) is 3.11. The van der Waals surface area contributed by atoms with Crippen molar-refractivity contribution in [1.82, 2.24) is 10.1 Å². The summed E-state index contributed by atoms with van der Waals surface area (Å²) in [5.41, 5.74) is 0. The molecule has 2 fully saturated rings. The molecule has 2 aliphatic heterocycles. The van der Waals surface area contributed by atoms with Gasteiger partial charge in [0.05, 0.1) is 11.3 Å². The maximum absolute atomic E-state index is 11.6. The Hall–Kier alpha value is -2.28. The first-order valence-corrected chi connectivity index (χ1v) is 10.5. The predicted molar refractivity (Wildman–Crippen MR) is 93.2 cm³/mol. The molecule has 0 saturated carbocycles. The van der Waals surface area contributed by atoms with Crippen molar-refractivity contribution < 1.29 is 38.7 Å². The predicted octanol–water partition coefficient (Wildman–Crippen LogP) is 0.332. The second-order valence-corrected chi connectivity index (χ2v) is 8.06. The fourth-order valence-corrected chi connectivity index (χ4v) is 3.95. The minimum absolute atomic E-state index is 0.0222. The summed E-state index contributed by atoms with van der Waals surface area (Å²) in [6, 6.07) is 0. The Labute approximate surface area is 161 Å². The molecule has 2 aliphatic rings. The van der Waals surface area contributed by atoms with Gasteiger partial charge in [-0.25, -0.2) is 4.79 Å². The fraction of sp³-hybridized carbons (Fsp3) is 0.571. The monoisotopic (exact) mass is 419 g/mol. The zero-order valence-corrected chi connectivity index (χ0v) is 15.8. The molecule has 0 spiro atoms. The minimum Gasteiger partial charge on any atom is -0.330 e. The third kappa shape index (κ3) is 6.43. The SMILES string of the molecule is O=C(CCSSCC/C=[N+](\[O-])ON1C(=O)CCC1=O)ON1C(=O)CCC1=O. The van der Waals surface area contributed by atoms with Gasteiger partial charge in [0.2, 0.25) is 18.0 Å². The average molecular weight is 419 g/mol. The number of rotatable bonds is 10. The van der Waals surface area contributed by atoms with E-state index in [9.17, 15) is 29.2 Å². The van der Waals surface area contributed by atoms with Crippen LogP contribution < -0.4 is 0 Å². The third-order valence-electron chi connectivity index (χ3n) is 3.32. The molecule has 2 heterocycles. The van der Waals surface area contributed by atoms with Crippen LogP contribution in [0.2, 0.25) is 0 Å². The van der Waals surface area contributed by atoms with E-state index < -0.39 is 29.6 Å². The number of amides is 4. The van der Waals surface area contributed by atoms with Gasteiger partial charge in [0.15, 0.2) is 0 Å². The van der Waals surface area contributed by atoms with Crippen LogP contribution in [0.4, 0.5) is 0 Å². The molecule has 0 N–H and O–H groups in total. The molecule has 0 atom stereocenters. The Bertz CT molecular complexity index is 637. The Balaban J connectivity index is 1.53. The van der Waals surface area contributed by atoms with Crippen molar-refractivity contribution in [2.45, 2.75) is 38.5 Å². The Kier molecular flexibility index (Phi) is 7.91. The zero-order chi connectivity index (χ0) is 19.8. The number of hydrogen-bond acceptors (Lipinski definition) is 10. The lowest BCUT2D eigenvalue weighted by molar-refractivity contribution is -0.779. The zero-order valence-electron chi connectivity index (χ0n) is 14.2. The highest BCUT2D eigenvalue weighted by atomic mass is 33.1. The van der Waals surface area contributed by atoms with Crippen molar-refractivity contribution in [3.63, 3.8) is 0 Å². The molecule has 27 heavy (non-hydrogen) atoms. The lowest BCUT2D eigenvalue weighted by atomic mass is 10.4. The molecule has 0 radical (unpaired) electrons. The van der Waals surface area contributed by atoms with Crippen molar-refractivity contribution in [3.8, 4) is 0 Å². The Morgan fingerprint density at radius 1 is 0.963 bits per heavy atom. The molecule has 0 aromatic rings. The van der Waals surface area contributed by atoms with Crippen molar-refractivity contribution in [1.29, 1.82) is 0 Å². The molecule has 13 heteroatoms. The van der Waals surface area contributed by atoms with E-state index in [0.29, 0.717) is 28.1 Å². The van der Waals surface area contributed by atoms with E-state index in [4.69, 9.17) is 4.84 Å². The van der Waals surface area contributed by atoms with Gasteiger partial charge in [0.1, 0.15) is 0 Å². The summed E-state index contributed by atoms with van der Waals surface area (Å²) in [6.45, 7) is 0. The first-order chi connectivity index (χ1) is 12.9. The summed E-state index contributed by atoms with van der Waals surface area (Å²) in [5, 5.41) is 12.4.